The molecule has 4 aromatic rings. The second-order valence-electron chi connectivity index (χ2n) is 8.73. The van der Waals surface area contributed by atoms with E-state index in [2.05, 4.69) is 0 Å². The predicted octanol–water partition coefficient (Wildman–Crippen LogP) is 4.14. The van der Waals surface area contributed by atoms with Gasteiger partial charge < -0.3 is 9.64 Å². The maximum atomic E-state index is 13.7. The molecule has 0 aliphatic carbocycles. The van der Waals surface area contributed by atoms with Crippen molar-refractivity contribution < 1.29 is 9.53 Å². The summed E-state index contributed by atoms with van der Waals surface area (Å²) in [6.07, 6.45) is 0.200. The molecule has 0 unspecified atom stereocenters. The molecule has 0 N–H and O–H groups in total. The van der Waals surface area contributed by atoms with Gasteiger partial charge in [-0.25, -0.2) is 9.59 Å². The number of ether oxygens (including phenoxy) is 1. The van der Waals surface area contributed by atoms with Gasteiger partial charge in [-0.1, -0.05) is 54.6 Å². The fourth-order valence-corrected chi connectivity index (χ4v) is 5.97. The maximum Gasteiger partial charge on any atom is 0.410 e. The number of rotatable bonds is 5. The van der Waals surface area contributed by atoms with Gasteiger partial charge in [-0.05, 0) is 42.5 Å². The van der Waals surface area contributed by atoms with E-state index in [9.17, 15) is 14.4 Å². The van der Waals surface area contributed by atoms with E-state index >= 15 is 0 Å². The monoisotopic (exact) mass is 489 g/mol. The molecule has 0 saturated heterocycles. The third kappa shape index (κ3) is 4.30. The standard InChI is InChI=1S/C27H27N3O4S/c1-3-34-27(33)28-14-13-21-22(17-28)35-25-23(21)24(31)29(15-19-10-5-4-6-11-19)26(32)30(25)16-20-12-8-7-9-18(20)2/h4-12H,3,13-17H2,1-2H3. The van der Waals surface area contributed by atoms with E-state index < -0.39 is 0 Å². The van der Waals surface area contributed by atoms with Crippen molar-refractivity contribution in [3.63, 3.8) is 0 Å². The SMILES string of the molecule is CCOC(=O)N1CCc2c(sc3c2c(=O)n(Cc2ccccc2)c(=O)n3Cc2ccccc2C)C1. The van der Waals surface area contributed by atoms with Crippen LogP contribution in [-0.2, 0) is 30.8 Å². The summed E-state index contributed by atoms with van der Waals surface area (Å²) in [6, 6.07) is 17.5. The number of aromatic nitrogens is 2. The highest BCUT2D eigenvalue weighted by Gasteiger charge is 2.29. The molecule has 2 aromatic carbocycles. The largest absolute Gasteiger partial charge is 0.450 e. The summed E-state index contributed by atoms with van der Waals surface area (Å²) in [4.78, 5) is 43.1. The number of carbonyl (C=O) groups is 1. The molecule has 0 atom stereocenters. The Morgan fingerprint density at radius 1 is 1.00 bits per heavy atom. The van der Waals surface area contributed by atoms with Crippen LogP contribution < -0.4 is 11.2 Å². The molecule has 0 saturated carbocycles. The first kappa shape index (κ1) is 23.1. The number of thiophene rings is 1. The van der Waals surface area contributed by atoms with Crippen LogP contribution in [0.1, 0.15) is 34.1 Å². The third-order valence-electron chi connectivity index (χ3n) is 6.50. The van der Waals surface area contributed by atoms with Crippen LogP contribution in [0.25, 0.3) is 10.2 Å². The van der Waals surface area contributed by atoms with Gasteiger partial charge >= 0.3 is 11.8 Å². The molecule has 7 nitrogen and oxygen atoms in total. The van der Waals surface area contributed by atoms with Crippen molar-refractivity contribution in [1.29, 1.82) is 0 Å². The number of fused-ring (bicyclic) bond motifs is 3. The first-order valence-corrected chi connectivity index (χ1v) is 12.6. The van der Waals surface area contributed by atoms with Crippen LogP contribution in [0.15, 0.2) is 64.2 Å². The van der Waals surface area contributed by atoms with Crippen molar-refractivity contribution in [1.82, 2.24) is 14.0 Å². The highest BCUT2D eigenvalue weighted by atomic mass is 32.1. The summed E-state index contributed by atoms with van der Waals surface area (Å²) in [5, 5.41) is 0.595. The van der Waals surface area contributed by atoms with Gasteiger partial charge in [0.1, 0.15) is 4.83 Å². The van der Waals surface area contributed by atoms with Crippen LogP contribution in [-0.4, -0.2) is 33.3 Å². The summed E-state index contributed by atoms with van der Waals surface area (Å²) in [7, 11) is 0. The van der Waals surface area contributed by atoms with Crippen molar-refractivity contribution in [3.8, 4) is 0 Å². The lowest BCUT2D eigenvalue weighted by Gasteiger charge is -2.25. The number of carbonyl (C=O) groups excluding carboxylic acids is 1. The Bertz CT molecular complexity index is 1520. The van der Waals surface area contributed by atoms with Crippen molar-refractivity contribution in [2.24, 2.45) is 0 Å². The number of nitrogens with zero attached hydrogens (tertiary/aromatic N) is 3. The lowest BCUT2D eigenvalue weighted by Crippen LogP contribution is -2.41. The number of benzene rings is 2. The molecule has 1 aliphatic rings. The second-order valence-corrected chi connectivity index (χ2v) is 9.81. The second kappa shape index (κ2) is 9.54. The molecule has 0 radical (unpaired) electrons. The van der Waals surface area contributed by atoms with Gasteiger partial charge in [-0.3, -0.25) is 13.9 Å². The highest BCUT2D eigenvalue weighted by Crippen LogP contribution is 2.33. The molecule has 3 heterocycles. The fourth-order valence-electron chi connectivity index (χ4n) is 4.63. The van der Waals surface area contributed by atoms with Gasteiger partial charge in [-0.15, -0.1) is 11.3 Å². The zero-order chi connectivity index (χ0) is 24.5. The minimum absolute atomic E-state index is 0.210. The first-order valence-electron chi connectivity index (χ1n) is 11.8. The Morgan fingerprint density at radius 3 is 2.49 bits per heavy atom. The zero-order valence-corrected chi connectivity index (χ0v) is 20.6. The van der Waals surface area contributed by atoms with Crippen molar-refractivity contribution in [3.05, 3.63) is 103 Å². The average Bonchev–Trinajstić information content (AvgIpc) is 3.25. The summed E-state index contributed by atoms with van der Waals surface area (Å²) in [5.74, 6) is 0. The molecule has 1 amide bonds. The van der Waals surface area contributed by atoms with Crippen LogP contribution >= 0.6 is 11.3 Å². The van der Waals surface area contributed by atoms with Gasteiger partial charge in [0.15, 0.2) is 0 Å². The van der Waals surface area contributed by atoms with E-state index in [0.717, 1.165) is 27.1 Å². The topological polar surface area (TPSA) is 73.5 Å². The van der Waals surface area contributed by atoms with Crippen LogP contribution in [0, 0.1) is 6.92 Å². The lowest BCUT2D eigenvalue weighted by atomic mass is 10.1. The summed E-state index contributed by atoms with van der Waals surface area (Å²) < 4.78 is 8.26. The molecule has 1 aliphatic heterocycles. The van der Waals surface area contributed by atoms with Crippen molar-refractivity contribution in [2.75, 3.05) is 13.2 Å². The van der Waals surface area contributed by atoms with Crippen LogP contribution in [0.2, 0.25) is 0 Å². The Balaban J connectivity index is 1.69. The minimum atomic E-state index is -0.352. The first-order chi connectivity index (χ1) is 17.0. The third-order valence-corrected chi connectivity index (χ3v) is 7.74. The molecular weight excluding hydrogens is 462 g/mol. The zero-order valence-electron chi connectivity index (χ0n) is 19.8. The lowest BCUT2D eigenvalue weighted by molar-refractivity contribution is 0.103. The highest BCUT2D eigenvalue weighted by molar-refractivity contribution is 7.18. The maximum absolute atomic E-state index is 13.7. The quantitative estimate of drug-likeness (QED) is 0.422. The molecule has 5 rings (SSSR count). The summed E-state index contributed by atoms with van der Waals surface area (Å²) in [6.45, 7) is 5.56. The van der Waals surface area contributed by atoms with E-state index in [-0.39, 0.29) is 23.9 Å². The fraction of sp³-hybridized carbons (Fsp3) is 0.296. The van der Waals surface area contributed by atoms with E-state index in [1.165, 1.54) is 15.9 Å². The Morgan fingerprint density at radius 2 is 1.74 bits per heavy atom. The van der Waals surface area contributed by atoms with Gasteiger partial charge in [0.2, 0.25) is 0 Å². The molecule has 0 bridgehead atoms. The molecule has 0 fully saturated rings. The molecule has 180 valence electrons. The molecule has 35 heavy (non-hydrogen) atoms. The Hall–Kier alpha value is -3.65. The van der Waals surface area contributed by atoms with Gasteiger partial charge in [0.05, 0.1) is 31.6 Å². The van der Waals surface area contributed by atoms with Gasteiger partial charge in [0, 0.05) is 11.4 Å². The van der Waals surface area contributed by atoms with E-state index in [1.807, 2.05) is 61.5 Å². The normalized spacial score (nSPS) is 13.1. The summed E-state index contributed by atoms with van der Waals surface area (Å²) >= 11 is 1.43. The smallest absolute Gasteiger partial charge is 0.410 e. The molecule has 2 aromatic heterocycles. The number of hydrogen-bond acceptors (Lipinski definition) is 5. The Labute approximate surface area is 206 Å². The molecule has 0 spiro atoms. The van der Waals surface area contributed by atoms with Crippen molar-refractivity contribution >= 4 is 27.6 Å². The molecule has 8 heteroatoms. The number of amides is 1. The average molecular weight is 490 g/mol. The van der Waals surface area contributed by atoms with E-state index in [1.54, 1.807) is 16.4 Å². The van der Waals surface area contributed by atoms with Crippen LogP contribution in [0.5, 0.6) is 0 Å². The Kier molecular flexibility index (Phi) is 6.30. The van der Waals surface area contributed by atoms with E-state index in [4.69, 9.17) is 4.74 Å². The minimum Gasteiger partial charge on any atom is -0.450 e. The van der Waals surface area contributed by atoms with Gasteiger partial charge in [0.25, 0.3) is 5.56 Å². The number of aryl methyl sites for hydroxylation is 1. The number of hydrogen-bond donors (Lipinski definition) is 0. The van der Waals surface area contributed by atoms with Crippen molar-refractivity contribution in [2.45, 2.75) is 39.9 Å². The van der Waals surface area contributed by atoms with Crippen LogP contribution in [0.3, 0.4) is 0 Å². The van der Waals surface area contributed by atoms with E-state index in [0.29, 0.717) is 42.9 Å². The predicted molar refractivity (Wildman–Crippen MR) is 137 cm³/mol. The molecular formula is C27H27N3O4S. The van der Waals surface area contributed by atoms with Crippen LogP contribution in [0.4, 0.5) is 4.79 Å². The van der Waals surface area contributed by atoms with Gasteiger partial charge in [-0.2, -0.15) is 0 Å². The summed E-state index contributed by atoms with van der Waals surface area (Å²) in [5.41, 5.74) is 3.36.